The fourth-order valence-corrected chi connectivity index (χ4v) is 3.65. The molecule has 1 atom stereocenters. The summed E-state index contributed by atoms with van der Waals surface area (Å²) in [4.78, 5) is 0. The topological polar surface area (TPSA) is 12.0 Å². The van der Waals surface area contributed by atoms with E-state index in [1.807, 2.05) is 23.9 Å². The Balaban J connectivity index is 2.50. The van der Waals surface area contributed by atoms with Gasteiger partial charge in [-0.25, -0.2) is 4.39 Å². The molecule has 90 valence electrons. The lowest BCUT2D eigenvalue weighted by molar-refractivity contribution is 0.571. The first-order valence-electron chi connectivity index (χ1n) is 4.98. The van der Waals surface area contributed by atoms with E-state index in [-0.39, 0.29) is 11.9 Å². The van der Waals surface area contributed by atoms with Crippen molar-refractivity contribution in [2.45, 2.75) is 6.04 Å². The normalized spacial score (nSPS) is 12.7. The maximum absolute atomic E-state index is 14.1. The van der Waals surface area contributed by atoms with Gasteiger partial charge in [-0.15, -0.1) is 0 Å². The van der Waals surface area contributed by atoms with Crippen LogP contribution < -0.4 is 5.32 Å². The molecule has 0 aliphatic heterocycles. The van der Waals surface area contributed by atoms with E-state index < -0.39 is 0 Å². The quantitative estimate of drug-likeness (QED) is 0.814. The van der Waals surface area contributed by atoms with E-state index in [1.54, 1.807) is 23.5 Å². The number of rotatable bonds is 3. The smallest absolute Gasteiger partial charge is 0.142 e. The summed E-state index contributed by atoms with van der Waals surface area (Å²) < 4.78 is 15.6. The van der Waals surface area contributed by atoms with E-state index in [9.17, 15) is 4.39 Å². The number of halogens is 3. The molecular formula is C12H10Br2FNS. The van der Waals surface area contributed by atoms with Crippen molar-refractivity contribution in [2.75, 3.05) is 7.05 Å². The molecule has 1 N–H and O–H groups in total. The van der Waals surface area contributed by atoms with Gasteiger partial charge < -0.3 is 5.32 Å². The first-order chi connectivity index (χ1) is 8.15. The third-order valence-corrected chi connectivity index (χ3v) is 4.90. The predicted octanol–water partition coefficient (Wildman–Crippen LogP) is 4.72. The van der Waals surface area contributed by atoms with Gasteiger partial charge in [0.1, 0.15) is 5.82 Å². The van der Waals surface area contributed by atoms with Gasteiger partial charge in [-0.3, -0.25) is 0 Å². The standard InChI is InChI=1S/C12H10Br2FNS/c1-16-12(8-5-17-6-10(8)14)7-3-2-4-9(13)11(7)15/h2-6,12,16H,1H3. The molecule has 0 aliphatic rings. The maximum Gasteiger partial charge on any atom is 0.142 e. The number of hydrogen-bond acceptors (Lipinski definition) is 2. The Kier molecular flexibility index (Phi) is 4.36. The minimum atomic E-state index is -0.218. The third kappa shape index (κ3) is 2.62. The summed E-state index contributed by atoms with van der Waals surface area (Å²) in [6.07, 6.45) is 0. The summed E-state index contributed by atoms with van der Waals surface area (Å²) in [6.45, 7) is 0. The summed E-state index contributed by atoms with van der Waals surface area (Å²) in [5.41, 5.74) is 1.69. The van der Waals surface area contributed by atoms with Gasteiger partial charge in [-0.1, -0.05) is 12.1 Å². The molecule has 2 aromatic rings. The fraction of sp³-hybridized carbons (Fsp3) is 0.167. The largest absolute Gasteiger partial charge is 0.309 e. The Bertz CT molecular complexity index is 527. The minimum Gasteiger partial charge on any atom is -0.309 e. The van der Waals surface area contributed by atoms with Crippen LogP contribution >= 0.6 is 43.2 Å². The average molecular weight is 379 g/mol. The number of benzene rings is 1. The molecule has 1 unspecified atom stereocenters. The van der Waals surface area contributed by atoms with Crippen molar-refractivity contribution in [1.82, 2.24) is 5.32 Å². The van der Waals surface area contributed by atoms with E-state index in [2.05, 4.69) is 37.2 Å². The summed E-state index contributed by atoms with van der Waals surface area (Å²) >= 11 is 8.29. The first kappa shape index (κ1) is 13.2. The van der Waals surface area contributed by atoms with Crippen LogP contribution in [-0.4, -0.2) is 7.05 Å². The van der Waals surface area contributed by atoms with Crippen molar-refractivity contribution < 1.29 is 4.39 Å². The summed E-state index contributed by atoms with van der Waals surface area (Å²) in [5.74, 6) is -0.218. The Morgan fingerprint density at radius 3 is 2.53 bits per heavy atom. The molecule has 5 heteroatoms. The van der Waals surface area contributed by atoms with Gasteiger partial charge in [0.05, 0.1) is 10.5 Å². The molecule has 0 radical (unpaired) electrons. The van der Waals surface area contributed by atoms with Crippen LogP contribution in [0.25, 0.3) is 0 Å². The van der Waals surface area contributed by atoms with Crippen LogP contribution in [-0.2, 0) is 0 Å². The second kappa shape index (κ2) is 5.61. The molecule has 1 aromatic heterocycles. The molecule has 1 nitrogen and oxygen atoms in total. The molecule has 0 saturated heterocycles. The molecule has 0 spiro atoms. The maximum atomic E-state index is 14.1. The van der Waals surface area contributed by atoms with E-state index in [0.29, 0.717) is 10.0 Å². The van der Waals surface area contributed by atoms with Crippen molar-refractivity contribution in [2.24, 2.45) is 0 Å². The predicted molar refractivity (Wildman–Crippen MR) is 77.0 cm³/mol. The van der Waals surface area contributed by atoms with Crippen molar-refractivity contribution in [3.8, 4) is 0 Å². The van der Waals surface area contributed by atoms with Crippen LogP contribution in [0.4, 0.5) is 4.39 Å². The van der Waals surface area contributed by atoms with Crippen LogP contribution in [0, 0.1) is 5.82 Å². The van der Waals surface area contributed by atoms with Crippen LogP contribution in [0.15, 0.2) is 37.9 Å². The highest BCUT2D eigenvalue weighted by atomic mass is 79.9. The van der Waals surface area contributed by atoms with E-state index in [1.165, 1.54) is 0 Å². The highest BCUT2D eigenvalue weighted by molar-refractivity contribution is 9.10. The SMILES string of the molecule is CNC(c1cscc1Br)c1cccc(Br)c1F. The van der Waals surface area contributed by atoms with Crippen LogP contribution in [0.5, 0.6) is 0 Å². The van der Waals surface area contributed by atoms with Gasteiger partial charge in [0.15, 0.2) is 0 Å². The average Bonchev–Trinajstić information content (AvgIpc) is 2.72. The third-order valence-electron chi connectivity index (χ3n) is 2.53. The van der Waals surface area contributed by atoms with Crippen LogP contribution in [0.3, 0.4) is 0 Å². The van der Waals surface area contributed by atoms with Crippen LogP contribution in [0.2, 0.25) is 0 Å². The van der Waals surface area contributed by atoms with E-state index in [0.717, 1.165) is 10.0 Å². The number of nitrogens with one attached hydrogen (secondary N) is 1. The molecular weight excluding hydrogens is 369 g/mol. The van der Waals surface area contributed by atoms with Gasteiger partial charge in [-0.05, 0) is 55.9 Å². The molecule has 0 fully saturated rings. The van der Waals surface area contributed by atoms with Crippen LogP contribution in [0.1, 0.15) is 17.2 Å². The molecule has 0 aliphatic carbocycles. The fourth-order valence-electron chi connectivity index (χ4n) is 1.72. The number of hydrogen-bond donors (Lipinski definition) is 1. The van der Waals surface area contributed by atoms with Gasteiger partial charge in [0.2, 0.25) is 0 Å². The lowest BCUT2D eigenvalue weighted by Crippen LogP contribution is -2.18. The van der Waals surface area contributed by atoms with Crippen molar-refractivity contribution >= 4 is 43.2 Å². The monoisotopic (exact) mass is 377 g/mol. The molecule has 17 heavy (non-hydrogen) atoms. The minimum absolute atomic E-state index is 0.145. The Morgan fingerprint density at radius 1 is 1.18 bits per heavy atom. The Morgan fingerprint density at radius 2 is 1.94 bits per heavy atom. The zero-order valence-electron chi connectivity index (χ0n) is 9.01. The zero-order chi connectivity index (χ0) is 12.4. The van der Waals surface area contributed by atoms with Gasteiger partial charge in [0, 0.05) is 15.4 Å². The highest BCUT2D eigenvalue weighted by Gasteiger charge is 2.20. The molecule has 2 rings (SSSR count). The molecule has 1 heterocycles. The molecule has 0 bridgehead atoms. The first-order valence-corrected chi connectivity index (χ1v) is 7.50. The van der Waals surface area contributed by atoms with Gasteiger partial charge in [-0.2, -0.15) is 11.3 Å². The summed E-state index contributed by atoms with van der Waals surface area (Å²) in [6, 6.07) is 5.19. The van der Waals surface area contributed by atoms with E-state index >= 15 is 0 Å². The zero-order valence-corrected chi connectivity index (χ0v) is 13.0. The number of thiophene rings is 1. The second-order valence-corrected chi connectivity index (χ2v) is 5.99. The van der Waals surface area contributed by atoms with Gasteiger partial charge in [0.25, 0.3) is 0 Å². The van der Waals surface area contributed by atoms with Crippen molar-refractivity contribution in [3.63, 3.8) is 0 Å². The summed E-state index contributed by atoms with van der Waals surface area (Å²) in [7, 11) is 1.83. The van der Waals surface area contributed by atoms with Gasteiger partial charge >= 0.3 is 0 Å². The highest BCUT2D eigenvalue weighted by Crippen LogP contribution is 2.33. The summed E-state index contributed by atoms with van der Waals surface area (Å²) in [5, 5.41) is 7.16. The molecule has 1 aromatic carbocycles. The Labute approximate surface area is 120 Å². The van der Waals surface area contributed by atoms with Crippen molar-refractivity contribution in [1.29, 1.82) is 0 Å². The van der Waals surface area contributed by atoms with Crippen molar-refractivity contribution in [3.05, 3.63) is 54.8 Å². The lowest BCUT2D eigenvalue weighted by Gasteiger charge is -2.17. The lowest BCUT2D eigenvalue weighted by atomic mass is 10.0. The second-order valence-electron chi connectivity index (χ2n) is 3.54. The van der Waals surface area contributed by atoms with E-state index in [4.69, 9.17) is 0 Å². The Hall–Kier alpha value is -0.230. The molecule has 0 amide bonds. The molecule has 0 saturated carbocycles.